The van der Waals surface area contributed by atoms with E-state index in [1.54, 1.807) is 18.5 Å². The predicted octanol–water partition coefficient (Wildman–Crippen LogP) is 0.927. The van der Waals surface area contributed by atoms with E-state index in [-0.39, 0.29) is 6.61 Å². The highest BCUT2D eigenvalue weighted by Crippen LogP contribution is 2.18. The second kappa shape index (κ2) is 2.88. The highest BCUT2D eigenvalue weighted by molar-refractivity contribution is 5.80. The second-order valence-corrected chi connectivity index (χ2v) is 2.66. The van der Waals surface area contributed by atoms with Gasteiger partial charge in [-0.3, -0.25) is 0 Å². The lowest BCUT2D eigenvalue weighted by Crippen LogP contribution is -1.91. The van der Waals surface area contributed by atoms with Crippen molar-refractivity contribution in [2.24, 2.45) is 0 Å². The number of aliphatic hydroxyl groups is 1. The van der Waals surface area contributed by atoms with Crippen molar-refractivity contribution in [3.05, 3.63) is 29.6 Å². The molecule has 0 aliphatic rings. The zero-order valence-electron chi connectivity index (χ0n) is 6.78. The zero-order chi connectivity index (χ0) is 9.26. The fraction of sp³-hybridized carbons (Fsp3) is 0.111. The maximum absolute atomic E-state index is 9.06. The topological polar surface area (TPSA) is 72.7 Å². The molecule has 2 rings (SSSR count). The van der Waals surface area contributed by atoms with Crippen molar-refractivity contribution < 1.29 is 5.11 Å². The average molecular weight is 173 g/mol. The van der Waals surface area contributed by atoms with Crippen LogP contribution in [0.2, 0.25) is 0 Å². The summed E-state index contributed by atoms with van der Waals surface area (Å²) in [6, 6.07) is 5.47. The van der Waals surface area contributed by atoms with Gasteiger partial charge >= 0.3 is 0 Å². The molecular weight excluding hydrogens is 166 g/mol. The molecule has 1 aromatic heterocycles. The summed E-state index contributed by atoms with van der Waals surface area (Å²) in [6.07, 6.45) is 1.55. The Morgan fingerprint density at radius 3 is 3.08 bits per heavy atom. The van der Waals surface area contributed by atoms with Crippen LogP contribution in [0.4, 0.5) is 0 Å². The summed E-state index contributed by atoms with van der Waals surface area (Å²) in [4.78, 5) is 6.95. The van der Waals surface area contributed by atoms with Crippen LogP contribution >= 0.6 is 0 Å². The number of benzene rings is 1. The summed E-state index contributed by atoms with van der Waals surface area (Å²) in [6.45, 7) is -0.162. The first kappa shape index (κ1) is 7.77. The molecule has 0 aliphatic heterocycles. The van der Waals surface area contributed by atoms with E-state index in [9.17, 15) is 0 Å². The van der Waals surface area contributed by atoms with Crippen LogP contribution in [0.25, 0.3) is 11.0 Å². The van der Waals surface area contributed by atoms with Gasteiger partial charge in [0.1, 0.15) is 0 Å². The Labute approximate surface area is 74.5 Å². The summed E-state index contributed by atoms with van der Waals surface area (Å²) < 4.78 is 0. The first-order valence-corrected chi connectivity index (χ1v) is 3.82. The highest BCUT2D eigenvalue weighted by atomic mass is 16.3. The van der Waals surface area contributed by atoms with Crippen molar-refractivity contribution in [3.63, 3.8) is 0 Å². The molecule has 2 aromatic rings. The van der Waals surface area contributed by atoms with Gasteiger partial charge in [-0.15, -0.1) is 0 Å². The van der Waals surface area contributed by atoms with Crippen LogP contribution in [0.1, 0.15) is 11.1 Å². The minimum absolute atomic E-state index is 0.162. The van der Waals surface area contributed by atoms with Gasteiger partial charge in [-0.1, -0.05) is 0 Å². The molecule has 0 aliphatic carbocycles. The Balaban J connectivity index is 2.84. The van der Waals surface area contributed by atoms with E-state index in [1.807, 2.05) is 6.07 Å². The largest absolute Gasteiger partial charge is 0.392 e. The summed E-state index contributed by atoms with van der Waals surface area (Å²) in [5.74, 6) is 0. The fourth-order valence-corrected chi connectivity index (χ4v) is 1.33. The minimum atomic E-state index is -0.162. The van der Waals surface area contributed by atoms with Gasteiger partial charge in [0.25, 0.3) is 0 Å². The van der Waals surface area contributed by atoms with Crippen LogP contribution in [-0.4, -0.2) is 15.1 Å². The van der Waals surface area contributed by atoms with Crippen LogP contribution in [0.15, 0.2) is 18.5 Å². The maximum atomic E-state index is 9.06. The lowest BCUT2D eigenvalue weighted by atomic mass is 10.1. The molecule has 0 fully saturated rings. The number of aromatic amines is 1. The molecule has 1 aromatic carbocycles. The molecule has 0 radical (unpaired) electrons. The molecular formula is C9H7N3O. The van der Waals surface area contributed by atoms with E-state index >= 15 is 0 Å². The number of aromatic nitrogens is 2. The normalized spacial score (nSPS) is 10.2. The monoisotopic (exact) mass is 173 g/mol. The van der Waals surface area contributed by atoms with E-state index in [4.69, 9.17) is 10.4 Å². The van der Waals surface area contributed by atoms with Gasteiger partial charge in [0.15, 0.2) is 0 Å². The molecule has 13 heavy (non-hydrogen) atoms. The van der Waals surface area contributed by atoms with Crippen molar-refractivity contribution in [1.29, 1.82) is 5.26 Å². The quantitative estimate of drug-likeness (QED) is 0.673. The van der Waals surface area contributed by atoms with Crippen molar-refractivity contribution >= 4 is 11.0 Å². The Morgan fingerprint density at radius 1 is 1.54 bits per heavy atom. The van der Waals surface area contributed by atoms with Crippen LogP contribution in [0.5, 0.6) is 0 Å². The molecule has 2 N–H and O–H groups in total. The Kier molecular flexibility index (Phi) is 1.72. The maximum Gasteiger partial charge on any atom is 0.0996 e. The van der Waals surface area contributed by atoms with Gasteiger partial charge < -0.3 is 10.1 Å². The Hall–Kier alpha value is -1.86. The van der Waals surface area contributed by atoms with E-state index in [0.29, 0.717) is 16.6 Å². The third-order valence-corrected chi connectivity index (χ3v) is 1.98. The molecule has 0 atom stereocenters. The van der Waals surface area contributed by atoms with Gasteiger partial charge in [-0.25, -0.2) is 4.98 Å². The van der Waals surface area contributed by atoms with Crippen molar-refractivity contribution in [2.75, 3.05) is 0 Å². The number of fused-ring (bicyclic) bond motifs is 1. The number of nitriles is 1. The molecule has 64 valence electrons. The number of nitrogens with zero attached hydrogens (tertiary/aromatic N) is 2. The first-order chi connectivity index (χ1) is 6.36. The minimum Gasteiger partial charge on any atom is -0.392 e. The fourth-order valence-electron chi connectivity index (χ4n) is 1.33. The SMILES string of the molecule is N#Cc1ccc2[nH]cnc2c1CO. The summed E-state index contributed by atoms with van der Waals surface area (Å²) in [5, 5.41) is 17.8. The lowest BCUT2D eigenvalue weighted by molar-refractivity contribution is 0.283. The summed E-state index contributed by atoms with van der Waals surface area (Å²) in [7, 11) is 0. The number of nitrogens with one attached hydrogen (secondary N) is 1. The van der Waals surface area contributed by atoms with Gasteiger partial charge in [-0.05, 0) is 12.1 Å². The second-order valence-electron chi connectivity index (χ2n) is 2.66. The number of imidazole rings is 1. The first-order valence-electron chi connectivity index (χ1n) is 3.82. The van der Waals surface area contributed by atoms with Crippen LogP contribution in [-0.2, 0) is 6.61 Å². The molecule has 0 unspecified atom stereocenters. The Morgan fingerprint density at radius 2 is 2.38 bits per heavy atom. The third kappa shape index (κ3) is 1.06. The molecule has 4 heteroatoms. The van der Waals surface area contributed by atoms with Gasteiger partial charge in [0.2, 0.25) is 0 Å². The number of hydrogen-bond acceptors (Lipinski definition) is 3. The molecule has 0 amide bonds. The molecule has 0 saturated carbocycles. The van der Waals surface area contributed by atoms with Crippen LogP contribution in [0.3, 0.4) is 0 Å². The third-order valence-electron chi connectivity index (χ3n) is 1.98. The predicted molar refractivity (Wildman–Crippen MR) is 46.7 cm³/mol. The highest BCUT2D eigenvalue weighted by Gasteiger charge is 2.07. The Bertz CT molecular complexity index is 481. The number of aliphatic hydroxyl groups excluding tert-OH is 1. The summed E-state index contributed by atoms with van der Waals surface area (Å²) >= 11 is 0. The standard InChI is InChI=1S/C9H7N3O/c10-3-6-1-2-8-9(7(6)4-13)12-5-11-8/h1-2,5,13H,4H2,(H,11,12). The number of rotatable bonds is 1. The van der Waals surface area contributed by atoms with Gasteiger partial charge in [0.05, 0.1) is 35.6 Å². The van der Waals surface area contributed by atoms with Crippen molar-refractivity contribution in [3.8, 4) is 6.07 Å². The van der Waals surface area contributed by atoms with E-state index in [0.717, 1.165) is 5.52 Å². The van der Waals surface area contributed by atoms with E-state index < -0.39 is 0 Å². The molecule has 1 heterocycles. The molecule has 0 bridgehead atoms. The van der Waals surface area contributed by atoms with E-state index in [1.165, 1.54) is 0 Å². The van der Waals surface area contributed by atoms with Crippen molar-refractivity contribution in [1.82, 2.24) is 9.97 Å². The number of H-pyrrole nitrogens is 1. The summed E-state index contributed by atoms with van der Waals surface area (Å²) in [5.41, 5.74) is 2.56. The zero-order valence-corrected chi connectivity index (χ0v) is 6.78. The van der Waals surface area contributed by atoms with E-state index in [2.05, 4.69) is 9.97 Å². The van der Waals surface area contributed by atoms with Crippen LogP contribution < -0.4 is 0 Å². The van der Waals surface area contributed by atoms with Crippen molar-refractivity contribution in [2.45, 2.75) is 6.61 Å². The molecule has 4 nitrogen and oxygen atoms in total. The van der Waals surface area contributed by atoms with Gasteiger partial charge in [0, 0.05) is 5.56 Å². The number of hydrogen-bond donors (Lipinski definition) is 2. The smallest absolute Gasteiger partial charge is 0.0996 e. The van der Waals surface area contributed by atoms with Crippen LogP contribution in [0, 0.1) is 11.3 Å². The molecule has 0 spiro atoms. The average Bonchev–Trinajstić information content (AvgIpc) is 2.63. The van der Waals surface area contributed by atoms with Gasteiger partial charge in [-0.2, -0.15) is 5.26 Å². The molecule has 0 saturated heterocycles. The lowest BCUT2D eigenvalue weighted by Gasteiger charge is -1.99.